The van der Waals surface area contributed by atoms with Crippen molar-refractivity contribution < 1.29 is 13.2 Å². The maximum absolute atomic E-state index is 11.4. The molecular formula is C9H23N3O3S. The third-order valence-electron chi connectivity index (χ3n) is 1.91. The zero-order chi connectivity index (χ0) is 12.6. The van der Waals surface area contributed by atoms with Gasteiger partial charge in [-0.25, -0.2) is 4.72 Å². The van der Waals surface area contributed by atoms with Crippen LogP contribution in [0.3, 0.4) is 0 Å². The van der Waals surface area contributed by atoms with Crippen LogP contribution in [-0.4, -0.2) is 41.3 Å². The van der Waals surface area contributed by atoms with Crippen LogP contribution in [0.15, 0.2) is 0 Å². The molecule has 0 rings (SSSR count). The molecule has 1 unspecified atom stereocenters. The first kappa shape index (κ1) is 15.8. The van der Waals surface area contributed by atoms with Crippen molar-refractivity contribution in [3.05, 3.63) is 0 Å². The van der Waals surface area contributed by atoms with Gasteiger partial charge in [0.1, 0.15) is 0 Å². The number of hydrogen-bond acceptors (Lipinski definition) is 4. The molecule has 0 aromatic heterocycles. The predicted octanol–water partition coefficient (Wildman–Crippen LogP) is -0.570. The summed E-state index contributed by atoms with van der Waals surface area (Å²) in [6.45, 7) is 4.95. The van der Waals surface area contributed by atoms with E-state index in [0.29, 0.717) is 12.5 Å². The zero-order valence-corrected chi connectivity index (χ0v) is 11.0. The van der Waals surface area contributed by atoms with Crippen LogP contribution in [0.5, 0.6) is 0 Å². The molecule has 16 heavy (non-hydrogen) atoms. The summed E-state index contributed by atoms with van der Waals surface area (Å²) < 4.78 is 32.2. The summed E-state index contributed by atoms with van der Waals surface area (Å²) in [4.78, 5) is 0. The molecule has 0 saturated heterocycles. The molecule has 0 radical (unpaired) electrons. The maximum atomic E-state index is 11.4. The summed E-state index contributed by atoms with van der Waals surface area (Å²) in [5.41, 5.74) is 5.76. The molecule has 0 aliphatic carbocycles. The van der Waals surface area contributed by atoms with Crippen LogP contribution < -0.4 is 15.2 Å². The Kier molecular flexibility index (Phi) is 7.86. The Labute approximate surface area is 98.1 Å². The predicted molar refractivity (Wildman–Crippen MR) is 64.2 cm³/mol. The van der Waals surface area contributed by atoms with Crippen molar-refractivity contribution >= 4 is 10.2 Å². The fraction of sp³-hybridized carbons (Fsp3) is 1.00. The van der Waals surface area contributed by atoms with Gasteiger partial charge in [-0.05, 0) is 12.3 Å². The van der Waals surface area contributed by atoms with Gasteiger partial charge >= 0.3 is 0 Å². The molecule has 4 N–H and O–H groups in total. The molecule has 0 aliphatic heterocycles. The van der Waals surface area contributed by atoms with Crippen molar-refractivity contribution in [2.75, 3.05) is 26.8 Å². The van der Waals surface area contributed by atoms with E-state index in [0.717, 1.165) is 6.42 Å². The van der Waals surface area contributed by atoms with Gasteiger partial charge in [0.25, 0.3) is 10.2 Å². The third-order valence-corrected chi connectivity index (χ3v) is 3.04. The average Bonchev–Trinajstić information content (AvgIpc) is 2.14. The standard InChI is InChI=1S/C9H23N3O3S/c1-8(2)6-9(10)7-12-16(13,14)11-4-5-15-3/h8-9,11-12H,4-7,10H2,1-3H3. The molecule has 6 nitrogen and oxygen atoms in total. The summed E-state index contributed by atoms with van der Waals surface area (Å²) in [6, 6.07) is -0.154. The molecule has 0 saturated carbocycles. The van der Waals surface area contributed by atoms with E-state index in [1.807, 2.05) is 13.8 Å². The number of rotatable bonds is 9. The van der Waals surface area contributed by atoms with Gasteiger partial charge in [-0.2, -0.15) is 13.1 Å². The monoisotopic (exact) mass is 253 g/mol. The molecule has 0 aromatic carbocycles. The van der Waals surface area contributed by atoms with Crippen LogP contribution in [0.1, 0.15) is 20.3 Å². The Bertz CT molecular complexity index is 267. The van der Waals surface area contributed by atoms with Gasteiger partial charge in [-0.15, -0.1) is 0 Å². The SMILES string of the molecule is COCCNS(=O)(=O)NCC(N)CC(C)C. The first-order valence-electron chi connectivity index (χ1n) is 5.36. The van der Waals surface area contributed by atoms with Crippen LogP contribution >= 0.6 is 0 Å². The Morgan fingerprint density at radius 1 is 1.31 bits per heavy atom. The fourth-order valence-electron chi connectivity index (χ4n) is 1.23. The normalized spacial score (nSPS) is 14.3. The average molecular weight is 253 g/mol. The highest BCUT2D eigenvalue weighted by molar-refractivity contribution is 7.87. The maximum Gasteiger partial charge on any atom is 0.277 e. The van der Waals surface area contributed by atoms with Crippen molar-refractivity contribution in [2.45, 2.75) is 26.3 Å². The van der Waals surface area contributed by atoms with Crippen molar-refractivity contribution in [1.82, 2.24) is 9.44 Å². The van der Waals surface area contributed by atoms with Gasteiger partial charge in [0.05, 0.1) is 6.61 Å². The largest absolute Gasteiger partial charge is 0.383 e. The zero-order valence-electron chi connectivity index (χ0n) is 10.2. The van der Waals surface area contributed by atoms with E-state index in [1.54, 1.807) is 0 Å². The summed E-state index contributed by atoms with van der Waals surface area (Å²) in [5.74, 6) is 0.459. The molecule has 0 spiro atoms. The van der Waals surface area contributed by atoms with Crippen molar-refractivity contribution in [2.24, 2.45) is 11.7 Å². The van der Waals surface area contributed by atoms with Gasteiger partial charge in [0, 0.05) is 26.2 Å². The van der Waals surface area contributed by atoms with E-state index in [9.17, 15) is 8.42 Å². The van der Waals surface area contributed by atoms with E-state index in [4.69, 9.17) is 10.5 Å². The van der Waals surface area contributed by atoms with E-state index < -0.39 is 10.2 Å². The molecule has 1 atom stereocenters. The molecule has 0 fully saturated rings. The lowest BCUT2D eigenvalue weighted by molar-refractivity contribution is 0.204. The van der Waals surface area contributed by atoms with Gasteiger partial charge in [0.2, 0.25) is 0 Å². The van der Waals surface area contributed by atoms with E-state index >= 15 is 0 Å². The van der Waals surface area contributed by atoms with E-state index in [2.05, 4.69) is 9.44 Å². The number of ether oxygens (including phenoxy) is 1. The molecule has 0 aliphatic rings. The highest BCUT2D eigenvalue weighted by atomic mass is 32.2. The first-order valence-corrected chi connectivity index (χ1v) is 6.84. The minimum Gasteiger partial charge on any atom is -0.383 e. The summed E-state index contributed by atoms with van der Waals surface area (Å²) in [5, 5.41) is 0. The molecule has 0 amide bonds. The summed E-state index contributed by atoms with van der Waals surface area (Å²) in [6.07, 6.45) is 0.792. The molecular weight excluding hydrogens is 230 g/mol. The molecule has 0 heterocycles. The molecule has 0 bridgehead atoms. The lowest BCUT2D eigenvalue weighted by Gasteiger charge is -2.15. The van der Waals surface area contributed by atoms with Gasteiger partial charge in [-0.1, -0.05) is 13.8 Å². The summed E-state index contributed by atoms with van der Waals surface area (Å²) in [7, 11) is -1.93. The lowest BCUT2D eigenvalue weighted by atomic mass is 10.1. The third kappa shape index (κ3) is 9.05. The second-order valence-electron chi connectivity index (χ2n) is 4.13. The fourth-order valence-corrected chi connectivity index (χ4v) is 2.12. The molecule has 98 valence electrons. The second kappa shape index (κ2) is 7.97. The highest BCUT2D eigenvalue weighted by Gasteiger charge is 2.11. The first-order chi connectivity index (χ1) is 7.37. The number of nitrogens with one attached hydrogen (secondary N) is 2. The van der Waals surface area contributed by atoms with Crippen molar-refractivity contribution in [3.8, 4) is 0 Å². The minimum atomic E-state index is -3.44. The number of hydrogen-bond donors (Lipinski definition) is 3. The smallest absolute Gasteiger partial charge is 0.277 e. The molecule has 0 aromatic rings. The Hall–Kier alpha value is -0.210. The van der Waals surface area contributed by atoms with Crippen LogP contribution in [0.2, 0.25) is 0 Å². The van der Waals surface area contributed by atoms with Gasteiger partial charge in [0.15, 0.2) is 0 Å². The van der Waals surface area contributed by atoms with E-state index in [1.165, 1.54) is 7.11 Å². The van der Waals surface area contributed by atoms with Gasteiger partial charge < -0.3 is 10.5 Å². The van der Waals surface area contributed by atoms with Crippen LogP contribution in [0.4, 0.5) is 0 Å². The van der Waals surface area contributed by atoms with Crippen LogP contribution in [0, 0.1) is 5.92 Å². The Balaban J connectivity index is 3.81. The second-order valence-corrected chi connectivity index (χ2v) is 5.71. The van der Waals surface area contributed by atoms with Crippen LogP contribution in [-0.2, 0) is 14.9 Å². The highest BCUT2D eigenvalue weighted by Crippen LogP contribution is 2.01. The Morgan fingerprint density at radius 3 is 2.44 bits per heavy atom. The van der Waals surface area contributed by atoms with Crippen molar-refractivity contribution in [3.63, 3.8) is 0 Å². The van der Waals surface area contributed by atoms with Gasteiger partial charge in [-0.3, -0.25) is 0 Å². The van der Waals surface area contributed by atoms with Crippen LogP contribution in [0.25, 0.3) is 0 Å². The Morgan fingerprint density at radius 2 is 1.94 bits per heavy atom. The topological polar surface area (TPSA) is 93.4 Å². The summed E-state index contributed by atoms with van der Waals surface area (Å²) >= 11 is 0. The van der Waals surface area contributed by atoms with Crippen molar-refractivity contribution in [1.29, 1.82) is 0 Å². The quantitative estimate of drug-likeness (QED) is 0.480. The number of methoxy groups -OCH3 is 1. The van der Waals surface area contributed by atoms with E-state index in [-0.39, 0.29) is 19.1 Å². The number of nitrogens with two attached hydrogens (primary N) is 1. The lowest BCUT2D eigenvalue weighted by Crippen LogP contribution is -2.44. The molecule has 7 heteroatoms. The minimum absolute atomic E-state index is 0.154.